The Kier molecular flexibility index (Phi) is 3.99. The zero-order valence-electron chi connectivity index (χ0n) is 8.25. The van der Waals surface area contributed by atoms with Gasteiger partial charge in [0.25, 0.3) is 5.56 Å². The average Bonchev–Trinajstić information content (AvgIpc) is 2.13. The summed E-state index contributed by atoms with van der Waals surface area (Å²) in [6, 6.07) is 0.300. The molecule has 102 valence electrons. The van der Waals surface area contributed by atoms with Gasteiger partial charge in [0.1, 0.15) is 5.56 Å². The molecular formula is C8H4BrF6NO2. The van der Waals surface area contributed by atoms with Crippen molar-refractivity contribution in [2.45, 2.75) is 17.9 Å². The predicted molar refractivity (Wildman–Crippen MR) is 51.4 cm³/mol. The first kappa shape index (κ1) is 14.9. The lowest BCUT2D eigenvalue weighted by molar-refractivity contribution is -0.278. The van der Waals surface area contributed by atoms with Gasteiger partial charge in [0, 0.05) is 10.9 Å². The quantitative estimate of drug-likeness (QED) is 0.664. The van der Waals surface area contributed by atoms with Gasteiger partial charge in [-0.05, 0) is 6.07 Å². The van der Waals surface area contributed by atoms with Crippen LogP contribution in [0.1, 0.15) is 11.1 Å². The lowest BCUT2D eigenvalue weighted by Crippen LogP contribution is -2.25. The molecule has 0 aromatic carbocycles. The fourth-order valence-corrected chi connectivity index (χ4v) is 1.48. The number of halogens is 7. The van der Waals surface area contributed by atoms with Gasteiger partial charge in [-0.15, -0.1) is 13.2 Å². The number of nitrogens with one attached hydrogen (secondary N) is 1. The molecule has 0 bridgehead atoms. The zero-order valence-corrected chi connectivity index (χ0v) is 9.83. The number of hydrogen-bond donors (Lipinski definition) is 1. The summed E-state index contributed by atoms with van der Waals surface area (Å²) in [5.74, 6) is -1.68. The molecular weight excluding hydrogens is 336 g/mol. The summed E-state index contributed by atoms with van der Waals surface area (Å²) in [6.45, 7) is 0. The van der Waals surface area contributed by atoms with Crippen molar-refractivity contribution in [3.8, 4) is 5.88 Å². The molecule has 1 rings (SSSR count). The molecule has 0 saturated heterocycles. The van der Waals surface area contributed by atoms with Crippen molar-refractivity contribution >= 4 is 15.9 Å². The third kappa shape index (κ3) is 3.65. The lowest BCUT2D eigenvalue weighted by Gasteiger charge is -2.15. The summed E-state index contributed by atoms with van der Waals surface area (Å²) < 4.78 is 76.3. The van der Waals surface area contributed by atoms with Gasteiger partial charge in [-0.25, -0.2) is 0 Å². The molecule has 1 aromatic heterocycles. The third-order valence-corrected chi connectivity index (χ3v) is 2.35. The van der Waals surface area contributed by atoms with Crippen molar-refractivity contribution in [3.63, 3.8) is 0 Å². The maximum atomic E-state index is 12.5. The normalized spacial score (nSPS) is 12.6. The highest BCUT2D eigenvalue weighted by Crippen LogP contribution is 2.36. The lowest BCUT2D eigenvalue weighted by atomic mass is 10.2. The second-order valence-corrected chi connectivity index (χ2v) is 3.61. The van der Waals surface area contributed by atoms with E-state index in [1.807, 2.05) is 0 Å². The number of aromatic nitrogens is 1. The topological polar surface area (TPSA) is 42.1 Å². The minimum Gasteiger partial charge on any atom is -0.389 e. The first-order valence-corrected chi connectivity index (χ1v) is 5.32. The zero-order chi connectivity index (χ0) is 14.1. The summed E-state index contributed by atoms with van der Waals surface area (Å²) in [7, 11) is 0. The van der Waals surface area contributed by atoms with Gasteiger partial charge in [0.2, 0.25) is 5.88 Å². The third-order valence-electron chi connectivity index (χ3n) is 1.75. The van der Waals surface area contributed by atoms with Crippen LogP contribution < -0.4 is 10.3 Å². The van der Waals surface area contributed by atoms with E-state index in [4.69, 9.17) is 0 Å². The van der Waals surface area contributed by atoms with Crippen LogP contribution in [0.5, 0.6) is 5.88 Å². The van der Waals surface area contributed by atoms with E-state index in [9.17, 15) is 31.1 Å². The Labute approximate surface area is 104 Å². The summed E-state index contributed by atoms with van der Waals surface area (Å²) >= 11 is 2.74. The van der Waals surface area contributed by atoms with Crippen LogP contribution in [0.3, 0.4) is 0 Å². The van der Waals surface area contributed by atoms with Gasteiger partial charge in [0.05, 0.1) is 0 Å². The molecule has 0 saturated carbocycles. The van der Waals surface area contributed by atoms with Crippen LogP contribution in [-0.4, -0.2) is 11.3 Å². The van der Waals surface area contributed by atoms with Crippen molar-refractivity contribution < 1.29 is 31.1 Å². The number of hydrogen-bond acceptors (Lipinski definition) is 2. The van der Waals surface area contributed by atoms with E-state index < -0.39 is 29.5 Å². The van der Waals surface area contributed by atoms with Crippen molar-refractivity contribution in [1.82, 2.24) is 4.98 Å². The molecule has 0 spiro atoms. The maximum absolute atomic E-state index is 12.5. The van der Waals surface area contributed by atoms with Crippen LogP contribution in [0.15, 0.2) is 10.9 Å². The summed E-state index contributed by atoms with van der Waals surface area (Å²) in [6.07, 6.45) is -10.4. The molecule has 0 aliphatic rings. The number of H-pyrrole nitrogens is 1. The predicted octanol–water partition coefficient (Wildman–Crippen LogP) is 3.19. The molecule has 0 aliphatic heterocycles. The second kappa shape index (κ2) is 4.82. The van der Waals surface area contributed by atoms with Crippen LogP contribution >= 0.6 is 15.9 Å². The maximum Gasteiger partial charge on any atom is 0.574 e. The highest BCUT2D eigenvalue weighted by atomic mass is 79.9. The van der Waals surface area contributed by atoms with Crippen LogP contribution in [0.2, 0.25) is 0 Å². The van der Waals surface area contributed by atoms with Gasteiger partial charge in [-0.2, -0.15) is 13.2 Å². The summed E-state index contributed by atoms with van der Waals surface area (Å²) in [5.41, 5.74) is -3.16. The van der Waals surface area contributed by atoms with Crippen LogP contribution in [0, 0.1) is 0 Å². The summed E-state index contributed by atoms with van der Waals surface area (Å²) in [4.78, 5) is 12.5. The molecule has 0 radical (unpaired) electrons. The molecule has 1 heterocycles. The van der Waals surface area contributed by atoms with Crippen molar-refractivity contribution in [2.75, 3.05) is 0 Å². The number of ether oxygens (including phenoxy) is 1. The van der Waals surface area contributed by atoms with E-state index in [-0.39, 0.29) is 10.9 Å². The highest BCUT2D eigenvalue weighted by Gasteiger charge is 2.40. The average molecular weight is 340 g/mol. The fourth-order valence-electron chi connectivity index (χ4n) is 1.06. The number of aromatic amines is 1. The molecule has 10 heteroatoms. The van der Waals surface area contributed by atoms with Gasteiger partial charge in [-0.3, -0.25) is 9.78 Å². The Bertz CT molecular complexity index is 492. The van der Waals surface area contributed by atoms with Gasteiger partial charge in [-0.1, -0.05) is 15.9 Å². The second-order valence-electron chi connectivity index (χ2n) is 3.05. The monoisotopic (exact) mass is 339 g/mol. The van der Waals surface area contributed by atoms with Crippen LogP contribution in [0.25, 0.3) is 0 Å². The van der Waals surface area contributed by atoms with Crippen molar-refractivity contribution in [2.24, 2.45) is 0 Å². The van der Waals surface area contributed by atoms with E-state index >= 15 is 0 Å². The molecule has 0 amide bonds. The first-order valence-electron chi connectivity index (χ1n) is 4.19. The highest BCUT2D eigenvalue weighted by molar-refractivity contribution is 9.08. The van der Waals surface area contributed by atoms with Gasteiger partial charge < -0.3 is 4.74 Å². The Morgan fingerprint density at radius 1 is 1.22 bits per heavy atom. The largest absolute Gasteiger partial charge is 0.574 e. The van der Waals surface area contributed by atoms with Gasteiger partial charge >= 0.3 is 12.5 Å². The minimum atomic E-state index is -5.33. The van der Waals surface area contributed by atoms with E-state index in [1.165, 1.54) is 4.98 Å². The van der Waals surface area contributed by atoms with Crippen molar-refractivity contribution in [1.29, 1.82) is 0 Å². The van der Waals surface area contributed by atoms with E-state index in [0.29, 0.717) is 6.07 Å². The van der Waals surface area contributed by atoms with Crippen LogP contribution in [0.4, 0.5) is 26.3 Å². The van der Waals surface area contributed by atoms with E-state index in [2.05, 4.69) is 20.7 Å². The van der Waals surface area contributed by atoms with E-state index in [0.717, 1.165) is 0 Å². The van der Waals surface area contributed by atoms with E-state index in [1.54, 1.807) is 0 Å². The van der Waals surface area contributed by atoms with Gasteiger partial charge in [0.15, 0.2) is 0 Å². The molecule has 18 heavy (non-hydrogen) atoms. The Hall–Kier alpha value is -1.19. The fraction of sp³-hybridized carbons (Fsp3) is 0.375. The Morgan fingerprint density at radius 2 is 1.78 bits per heavy atom. The molecule has 0 unspecified atom stereocenters. The summed E-state index contributed by atoms with van der Waals surface area (Å²) in [5, 5.41) is -0.238. The van der Waals surface area contributed by atoms with Crippen molar-refractivity contribution in [3.05, 3.63) is 27.5 Å². The number of rotatable bonds is 2. The minimum absolute atomic E-state index is 0.238. The standard InChI is InChI=1S/C8H4BrF6NO2/c9-2-3-1-4(7(10,11)12)6(16-5(3)17)18-8(13,14)15/h1H,2H2,(H,16,17). The number of pyridine rings is 1. The first-order chi connectivity index (χ1) is 8.04. The van der Waals surface area contributed by atoms with Crippen LogP contribution in [-0.2, 0) is 11.5 Å². The molecule has 0 atom stereocenters. The number of alkyl halides is 7. The Morgan fingerprint density at radius 3 is 2.17 bits per heavy atom. The molecule has 0 fully saturated rings. The molecule has 3 nitrogen and oxygen atoms in total. The molecule has 0 aliphatic carbocycles. The SMILES string of the molecule is O=c1[nH]c(OC(F)(F)F)c(C(F)(F)F)cc1CBr. The Balaban J connectivity index is 3.40. The molecule has 1 aromatic rings. The molecule has 1 N–H and O–H groups in total. The smallest absolute Gasteiger partial charge is 0.389 e.